The highest BCUT2D eigenvalue weighted by Crippen LogP contribution is 2.34. The van der Waals surface area contributed by atoms with E-state index >= 15 is 0 Å². The Hall–Kier alpha value is -1.94. The summed E-state index contributed by atoms with van der Waals surface area (Å²) < 4.78 is 60.4. The van der Waals surface area contributed by atoms with Crippen molar-refractivity contribution in [2.24, 2.45) is 0 Å². The molecule has 0 amide bonds. The first kappa shape index (κ1) is 21.8. The maximum absolute atomic E-state index is 13.2. The number of aryl methyl sites for hydroxylation is 2. The molecule has 1 aliphatic heterocycles. The predicted octanol–water partition coefficient (Wildman–Crippen LogP) is 2.46. The third kappa shape index (κ3) is 4.05. The van der Waals surface area contributed by atoms with Crippen LogP contribution in [0.4, 0.5) is 5.69 Å². The highest BCUT2D eigenvalue weighted by atomic mass is 32.2. The number of ether oxygens (including phenoxy) is 1. The van der Waals surface area contributed by atoms with Gasteiger partial charge >= 0.3 is 0 Å². The summed E-state index contributed by atoms with van der Waals surface area (Å²) in [5, 5.41) is 0. The molecule has 158 valence electrons. The van der Waals surface area contributed by atoms with Crippen LogP contribution in [-0.2, 0) is 24.8 Å². The fourth-order valence-electron chi connectivity index (χ4n) is 3.50. The van der Waals surface area contributed by atoms with Crippen LogP contribution in [0.5, 0.6) is 0 Å². The van der Waals surface area contributed by atoms with Gasteiger partial charge in [0.1, 0.15) is 0 Å². The van der Waals surface area contributed by atoms with Crippen molar-refractivity contribution < 1.29 is 21.6 Å². The molecule has 0 radical (unpaired) electrons. The summed E-state index contributed by atoms with van der Waals surface area (Å²) in [7, 11) is -6.13. The second-order valence-electron chi connectivity index (χ2n) is 7.16. The largest absolute Gasteiger partial charge is 0.379 e. The standard InChI is InChI=1S/C20H26N2O5S2/c1-15-5-8-18(9-6-15)28(23,24)21(4)20-16(2)7-10-19(17(20)3)29(25,26)22-11-13-27-14-12-22/h5-10H,11-14H2,1-4H3. The van der Waals surface area contributed by atoms with E-state index < -0.39 is 20.0 Å². The number of rotatable bonds is 5. The normalized spacial score (nSPS) is 16.0. The Kier molecular flexibility index (Phi) is 6.05. The van der Waals surface area contributed by atoms with Gasteiger partial charge in [0, 0.05) is 20.1 Å². The lowest BCUT2D eigenvalue weighted by atomic mass is 10.1. The molecule has 0 saturated carbocycles. The average molecular weight is 439 g/mol. The highest BCUT2D eigenvalue weighted by Gasteiger charge is 2.31. The van der Waals surface area contributed by atoms with Gasteiger partial charge in [0.15, 0.2) is 0 Å². The average Bonchev–Trinajstić information content (AvgIpc) is 2.68. The van der Waals surface area contributed by atoms with Crippen molar-refractivity contribution in [2.75, 3.05) is 37.7 Å². The van der Waals surface area contributed by atoms with E-state index in [1.165, 1.54) is 15.7 Å². The molecular weight excluding hydrogens is 412 g/mol. The zero-order chi connectivity index (χ0) is 21.4. The quantitative estimate of drug-likeness (QED) is 0.716. The topological polar surface area (TPSA) is 84.0 Å². The van der Waals surface area contributed by atoms with E-state index in [1.807, 2.05) is 6.92 Å². The third-order valence-electron chi connectivity index (χ3n) is 5.17. The summed E-state index contributed by atoms with van der Waals surface area (Å²) in [6, 6.07) is 9.78. The summed E-state index contributed by atoms with van der Waals surface area (Å²) >= 11 is 0. The van der Waals surface area contributed by atoms with E-state index in [2.05, 4.69) is 0 Å². The van der Waals surface area contributed by atoms with Gasteiger partial charge in [-0.15, -0.1) is 0 Å². The monoisotopic (exact) mass is 438 g/mol. The molecule has 0 aliphatic carbocycles. The first-order chi connectivity index (χ1) is 13.6. The molecule has 9 heteroatoms. The number of anilines is 1. The van der Waals surface area contributed by atoms with Crippen LogP contribution in [0.2, 0.25) is 0 Å². The smallest absolute Gasteiger partial charge is 0.264 e. The van der Waals surface area contributed by atoms with Crippen molar-refractivity contribution in [3.05, 3.63) is 53.1 Å². The van der Waals surface area contributed by atoms with Gasteiger partial charge in [0.05, 0.1) is 28.7 Å². The van der Waals surface area contributed by atoms with Crippen LogP contribution >= 0.6 is 0 Å². The minimum atomic E-state index is -3.84. The predicted molar refractivity (Wildman–Crippen MR) is 112 cm³/mol. The van der Waals surface area contributed by atoms with E-state index in [0.717, 1.165) is 5.56 Å². The van der Waals surface area contributed by atoms with Crippen molar-refractivity contribution in [1.82, 2.24) is 4.31 Å². The lowest BCUT2D eigenvalue weighted by Crippen LogP contribution is -2.41. The molecule has 0 unspecified atom stereocenters. The number of benzene rings is 2. The third-order valence-corrected chi connectivity index (χ3v) is 8.98. The molecular formula is C20H26N2O5S2. The van der Waals surface area contributed by atoms with Gasteiger partial charge in [0.2, 0.25) is 10.0 Å². The van der Waals surface area contributed by atoms with Gasteiger partial charge < -0.3 is 4.74 Å². The first-order valence-electron chi connectivity index (χ1n) is 9.30. The maximum atomic E-state index is 13.2. The Labute approximate surface area is 173 Å². The van der Waals surface area contributed by atoms with Crippen molar-refractivity contribution >= 4 is 25.7 Å². The second-order valence-corrected chi connectivity index (χ2v) is 11.0. The molecule has 1 saturated heterocycles. The lowest BCUT2D eigenvalue weighted by Gasteiger charge is -2.29. The lowest BCUT2D eigenvalue weighted by molar-refractivity contribution is 0.0730. The van der Waals surface area contributed by atoms with Crippen LogP contribution in [0.1, 0.15) is 16.7 Å². The number of morpholine rings is 1. The fraction of sp³-hybridized carbons (Fsp3) is 0.400. The Balaban J connectivity index is 2.08. The van der Waals surface area contributed by atoms with E-state index in [0.29, 0.717) is 30.0 Å². The molecule has 0 atom stereocenters. The molecule has 1 heterocycles. The Bertz CT molecular complexity index is 1100. The van der Waals surface area contributed by atoms with Gasteiger partial charge in [-0.1, -0.05) is 23.8 Å². The molecule has 0 bridgehead atoms. The van der Waals surface area contributed by atoms with Gasteiger partial charge in [-0.2, -0.15) is 4.31 Å². The van der Waals surface area contributed by atoms with Crippen LogP contribution in [-0.4, -0.2) is 54.5 Å². The summed E-state index contributed by atoms with van der Waals surface area (Å²) in [5.41, 5.74) is 2.42. The zero-order valence-corrected chi connectivity index (χ0v) is 18.7. The maximum Gasteiger partial charge on any atom is 0.264 e. The molecule has 7 nitrogen and oxygen atoms in total. The molecule has 0 N–H and O–H groups in total. The minimum absolute atomic E-state index is 0.117. The van der Waals surface area contributed by atoms with E-state index in [9.17, 15) is 16.8 Å². The molecule has 2 aromatic rings. The van der Waals surface area contributed by atoms with Gasteiger partial charge in [-0.05, 0) is 50.1 Å². The fourth-order valence-corrected chi connectivity index (χ4v) is 6.44. The van der Waals surface area contributed by atoms with Crippen molar-refractivity contribution in [2.45, 2.75) is 30.6 Å². The van der Waals surface area contributed by atoms with Crippen LogP contribution in [0.3, 0.4) is 0 Å². The summed E-state index contributed by atoms with van der Waals surface area (Å²) in [4.78, 5) is 0.275. The number of hydrogen-bond donors (Lipinski definition) is 0. The summed E-state index contributed by atoms with van der Waals surface area (Å²) in [5.74, 6) is 0. The molecule has 0 spiro atoms. The van der Waals surface area contributed by atoms with E-state index in [4.69, 9.17) is 4.74 Å². The molecule has 3 rings (SSSR count). The molecule has 2 aromatic carbocycles. The Morgan fingerprint density at radius 1 is 0.897 bits per heavy atom. The number of sulfonamides is 2. The molecule has 29 heavy (non-hydrogen) atoms. The van der Waals surface area contributed by atoms with E-state index in [-0.39, 0.29) is 22.9 Å². The van der Waals surface area contributed by atoms with Crippen molar-refractivity contribution in [3.63, 3.8) is 0 Å². The van der Waals surface area contributed by atoms with Crippen LogP contribution in [0.25, 0.3) is 0 Å². The van der Waals surface area contributed by atoms with Crippen LogP contribution < -0.4 is 4.31 Å². The van der Waals surface area contributed by atoms with Gasteiger partial charge in [-0.3, -0.25) is 4.31 Å². The van der Waals surface area contributed by atoms with Gasteiger partial charge in [-0.25, -0.2) is 16.8 Å². The molecule has 1 fully saturated rings. The van der Waals surface area contributed by atoms with Crippen molar-refractivity contribution in [1.29, 1.82) is 0 Å². The summed E-state index contributed by atoms with van der Waals surface area (Å²) in [6.07, 6.45) is 0. The van der Waals surface area contributed by atoms with Crippen molar-refractivity contribution in [3.8, 4) is 0 Å². The van der Waals surface area contributed by atoms with Gasteiger partial charge in [0.25, 0.3) is 10.0 Å². The summed E-state index contributed by atoms with van der Waals surface area (Å²) in [6.45, 7) is 6.56. The number of hydrogen-bond acceptors (Lipinski definition) is 5. The second kappa shape index (κ2) is 8.06. The first-order valence-corrected chi connectivity index (χ1v) is 12.2. The Morgan fingerprint density at radius 2 is 1.48 bits per heavy atom. The highest BCUT2D eigenvalue weighted by molar-refractivity contribution is 7.92. The SMILES string of the molecule is Cc1ccc(S(=O)(=O)N(C)c2c(C)ccc(S(=O)(=O)N3CCOCC3)c2C)cc1. The van der Waals surface area contributed by atoms with E-state index in [1.54, 1.807) is 50.2 Å². The Morgan fingerprint density at radius 3 is 2.07 bits per heavy atom. The number of nitrogens with zero attached hydrogens (tertiary/aromatic N) is 2. The van der Waals surface area contributed by atoms with Crippen LogP contribution in [0.15, 0.2) is 46.2 Å². The van der Waals surface area contributed by atoms with Crippen LogP contribution in [0, 0.1) is 20.8 Å². The zero-order valence-electron chi connectivity index (χ0n) is 17.0. The molecule has 1 aliphatic rings. The minimum Gasteiger partial charge on any atom is -0.379 e. The molecule has 0 aromatic heterocycles.